The van der Waals surface area contributed by atoms with Crippen LogP contribution in [-0.4, -0.2) is 23.8 Å². The van der Waals surface area contributed by atoms with Gasteiger partial charge in [-0.25, -0.2) is 4.79 Å². The smallest absolute Gasteiger partial charge is 0.331 e. The minimum absolute atomic E-state index is 0.136. The first-order chi connectivity index (χ1) is 5.74. The molecule has 1 unspecified atom stereocenters. The van der Waals surface area contributed by atoms with Crippen molar-refractivity contribution in [3.8, 4) is 0 Å². The minimum atomic E-state index is -0.854. The average molecular weight is 168 g/mol. The number of hydrogen-bond acceptors (Lipinski definition) is 2. The molecule has 0 amide bonds. The number of allylic oxidation sites excluding steroid dienone is 2. The zero-order valence-corrected chi connectivity index (χ0v) is 6.82. The molecule has 12 heavy (non-hydrogen) atoms. The van der Waals surface area contributed by atoms with E-state index >= 15 is 0 Å². The largest absolute Gasteiger partial charge is 0.478 e. The SMILES string of the molecule is C=CC/C=C(/CC1CO1)C(=O)O. The number of carboxylic acid groups (broad SMARTS) is 1. The first-order valence-corrected chi connectivity index (χ1v) is 3.89. The zero-order chi connectivity index (χ0) is 8.97. The molecule has 0 bridgehead atoms. The number of epoxide rings is 1. The van der Waals surface area contributed by atoms with Gasteiger partial charge in [0.15, 0.2) is 0 Å². The van der Waals surface area contributed by atoms with Crippen molar-refractivity contribution in [3.63, 3.8) is 0 Å². The molecule has 1 heterocycles. The summed E-state index contributed by atoms with van der Waals surface area (Å²) < 4.78 is 4.94. The molecule has 3 nitrogen and oxygen atoms in total. The van der Waals surface area contributed by atoms with E-state index in [0.29, 0.717) is 25.0 Å². The summed E-state index contributed by atoms with van der Waals surface area (Å²) in [6.45, 7) is 4.21. The van der Waals surface area contributed by atoms with Gasteiger partial charge in [0.2, 0.25) is 0 Å². The summed E-state index contributed by atoms with van der Waals surface area (Å²) in [4.78, 5) is 10.6. The summed E-state index contributed by atoms with van der Waals surface area (Å²) in [7, 11) is 0. The van der Waals surface area contributed by atoms with Crippen LogP contribution in [0, 0.1) is 0 Å². The fraction of sp³-hybridized carbons (Fsp3) is 0.444. The second kappa shape index (κ2) is 4.07. The third kappa shape index (κ3) is 2.88. The normalized spacial score (nSPS) is 22.0. The molecule has 1 fully saturated rings. The fourth-order valence-electron chi connectivity index (χ4n) is 0.915. The van der Waals surface area contributed by atoms with Crippen molar-refractivity contribution in [1.29, 1.82) is 0 Å². The van der Waals surface area contributed by atoms with Gasteiger partial charge in [0.25, 0.3) is 0 Å². The van der Waals surface area contributed by atoms with Gasteiger partial charge in [0.05, 0.1) is 12.7 Å². The van der Waals surface area contributed by atoms with Gasteiger partial charge in [-0.05, 0) is 6.42 Å². The lowest BCUT2D eigenvalue weighted by Gasteiger charge is -1.97. The van der Waals surface area contributed by atoms with Crippen LogP contribution < -0.4 is 0 Å². The molecule has 0 aromatic heterocycles. The van der Waals surface area contributed by atoms with Crippen molar-refractivity contribution >= 4 is 5.97 Å². The predicted octanol–water partition coefficient (Wildman–Crippen LogP) is 1.36. The van der Waals surface area contributed by atoms with E-state index in [4.69, 9.17) is 9.84 Å². The van der Waals surface area contributed by atoms with Gasteiger partial charge in [0, 0.05) is 12.0 Å². The molecule has 0 aromatic rings. The molecule has 1 saturated heterocycles. The van der Waals surface area contributed by atoms with Crippen LogP contribution in [0.3, 0.4) is 0 Å². The first-order valence-electron chi connectivity index (χ1n) is 3.89. The Bertz CT molecular complexity index is 214. The van der Waals surface area contributed by atoms with E-state index in [0.717, 1.165) is 0 Å². The molecule has 66 valence electrons. The highest BCUT2D eigenvalue weighted by Crippen LogP contribution is 2.19. The van der Waals surface area contributed by atoms with Crippen molar-refractivity contribution in [2.75, 3.05) is 6.61 Å². The molecule has 1 atom stereocenters. The topological polar surface area (TPSA) is 49.8 Å². The molecule has 0 spiro atoms. The third-order valence-electron chi connectivity index (χ3n) is 1.66. The number of aliphatic carboxylic acids is 1. The van der Waals surface area contributed by atoms with Crippen molar-refractivity contribution in [2.45, 2.75) is 18.9 Å². The van der Waals surface area contributed by atoms with E-state index in [1.807, 2.05) is 0 Å². The van der Waals surface area contributed by atoms with Gasteiger partial charge in [-0.1, -0.05) is 12.2 Å². The highest BCUT2D eigenvalue weighted by molar-refractivity contribution is 5.86. The van der Waals surface area contributed by atoms with Gasteiger partial charge in [-0.3, -0.25) is 0 Å². The molecule has 0 radical (unpaired) electrons. The van der Waals surface area contributed by atoms with Crippen molar-refractivity contribution in [3.05, 3.63) is 24.3 Å². The molecule has 3 heteroatoms. The second-order valence-corrected chi connectivity index (χ2v) is 2.72. The Balaban J connectivity index is 2.45. The molecule has 1 aliphatic heterocycles. The first kappa shape index (κ1) is 9.00. The van der Waals surface area contributed by atoms with Crippen molar-refractivity contribution in [1.82, 2.24) is 0 Å². The summed E-state index contributed by atoms with van der Waals surface area (Å²) in [5.41, 5.74) is 0.428. The standard InChI is InChI=1S/C9H12O3/c1-2-3-4-7(9(10)11)5-8-6-12-8/h2,4,8H,1,3,5-6H2,(H,10,11)/b7-4-. The number of ether oxygens (including phenoxy) is 1. The average Bonchev–Trinajstić information content (AvgIpc) is 2.80. The fourth-order valence-corrected chi connectivity index (χ4v) is 0.915. The van der Waals surface area contributed by atoms with E-state index in [1.165, 1.54) is 0 Å². The molecular weight excluding hydrogens is 156 g/mol. The van der Waals surface area contributed by atoms with Gasteiger partial charge in [0.1, 0.15) is 0 Å². The summed E-state index contributed by atoms with van der Waals surface area (Å²) >= 11 is 0. The monoisotopic (exact) mass is 168 g/mol. The van der Waals surface area contributed by atoms with E-state index in [1.54, 1.807) is 12.2 Å². The summed E-state index contributed by atoms with van der Waals surface area (Å²) in [5, 5.41) is 8.72. The number of rotatable bonds is 5. The quantitative estimate of drug-likeness (QED) is 0.383. The van der Waals surface area contributed by atoms with Crippen molar-refractivity contribution < 1.29 is 14.6 Å². The maximum Gasteiger partial charge on any atom is 0.331 e. The summed E-state index contributed by atoms with van der Waals surface area (Å²) in [6, 6.07) is 0. The Labute approximate surface area is 71.3 Å². The number of hydrogen-bond donors (Lipinski definition) is 1. The molecule has 0 saturated carbocycles. The molecule has 0 aliphatic carbocycles. The summed E-state index contributed by atoms with van der Waals surface area (Å²) in [5.74, 6) is -0.854. The van der Waals surface area contributed by atoms with Crippen LogP contribution in [0.25, 0.3) is 0 Å². The van der Waals surface area contributed by atoms with Gasteiger partial charge < -0.3 is 9.84 Å². The highest BCUT2D eigenvalue weighted by atomic mass is 16.6. The molecule has 1 aliphatic rings. The Morgan fingerprint density at radius 1 is 1.75 bits per heavy atom. The van der Waals surface area contributed by atoms with Gasteiger partial charge in [-0.2, -0.15) is 0 Å². The van der Waals surface area contributed by atoms with E-state index in [-0.39, 0.29) is 6.10 Å². The molecule has 1 rings (SSSR count). The Kier molecular flexibility index (Phi) is 3.05. The van der Waals surface area contributed by atoms with E-state index in [2.05, 4.69) is 6.58 Å². The number of carbonyl (C=O) groups is 1. The Hall–Kier alpha value is -1.09. The van der Waals surface area contributed by atoms with Gasteiger partial charge >= 0.3 is 5.97 Å². The van der Waals surface area contributed by atoms with Crippen LogP contribution >= 0.6 is 0 Å². The Morgan fingerprint density at radius 2 is 2.42 bits per heavy atom. The predicted molar refractivity (Wildman–Crippen MR) is 44.9 cm³/mol. The lowest BCUT2D eigenvalue weighted by atomic mass is 10.1. The van der Waals surface area contributed by atoms with Gasteiger partial charge in [-0.15, -0.1) is 6.58 Å². The van der Waals surface area contributed by atoms with Crippen LogP contribution in [0.5, 0.6) is 0 Å². The van der Waals surface area contributed by atoms with E-state index in [9.17, 15) is 4.79 Å². The lowest BCUT2D eigenvalue weighted by molar-refractivity contribution is -0.132. The molecule has 1 N–H and O–H groups in total. The summed E-state index contributed by atoms with van der Waals surface area (Å²) in [6.07, 6.45) is 4.61. The minimum Gasteiger partial charge on any atom is -0.478 e. The van der Waals surface area contributed by atoms with Crippen LogP contribution in [0.2, 0.25) is 0 Å². The maximum absolute atomic E-state index is 10.6. The zero-order valence-electron chi connectivity index (χ0n) is 6.82. The third-order valence-corrected chi connectivity index (χ3v) is 1.66. The lowest BCUT2D eigenvalue weighted by Crippen LogP contribution is -2.03. The van der Waals surface area contributed by atoms with Crippen LogP contribution in [0.15, 0.2) is 24.3 Å². The number of carboxylic acids is 1. The Morgan fingerprint density at radius 3 is 2.83 bits per heavy atom. The van der Waals surface area contributed by atoms with Crippen LogP contribution in [0.1, 0.15) is 12.8 Å². The molecular formula is C9H12O3. The van der Waals surface area contributed by atoms with E-state index < -0.39 is 5.97 Å². The van der Waals surface area contributed by atoms with Crippen molar-refractivity contribution in [2.24, 2.45) is 0 Å². The second-order valence-electron chi connectivity index (χ2n) is 2.72. The maximum atomic E-state index is 10.6. The molecule has 0 aromatic carbocycles. The van der Waals surface area contributed by atoms with Crippen LogP contribution in [0.4, 0.5) is 0 Å². The van der Waals surface area contributed by atoms with Crippen LogP contribution in [-0.2, 0) is 9.53 Å². The highest BCUT2D eigenvalue weighted by Gasteiger charge is 2.25.